The number of nitriles is 1. The molecule has 1 aromatic carbocycles. The molecule has 1 fully saturated rings. The van der Waals surface area contributed by atoms with Crippen molar-refractivity contribution in [1.29, 1.82) is 5.26 Å². The van der Waals surface area contributed by atoms with Crippen molar-refractivity contribution in [3.63, 3.8) is 0 Å². The number of nitrogens with zero attached hydrogens (tertiary/aromatic N) is 1. The van der Waals surface area contributed by atoms with Gasteiger partial charge >= 0.3 is 0 Å². The number of rotatable bonds is 5. The van der Waals surface area contributed by atoms with Gasteiger partial charge < -0.3 is 10.4 Å². The van der Waals surface area contributed by atoms with Gasteiger partial charge in [0.2, 0.25) is 0 Å². The summed E-state index contributed by atoms with van der Waals surface area (Å²) in [6.45, 7) is 0.863. The Morgan fingerprint density at radius 3 is 2.82 bits per heavy atom. The number of benzene rings is 1. The zero-order valence-corrected chi connectivity index (χ0v) is 9.54. The highest BCUT2D eigenvalue weighted by atomic mass is 19.1. The van der Waals surface area contributed by atoms with Gasteiger partial charge in [0.15, 0.2) is 0 Å². The second kappa shape index (κ2) is 4.72. The SMILES string of the molecule is N#Cc1c(F)cccc1NCC1(CCO)CC1. The fraction of sp³-hybridized carbons (Fsp3) is 0.462. The number of halogens is 1. The van der Waals surface area contributed by atoms with Gasteiger partial charge in [-0.15, -0.1) is 0 Å². The second-order valence-corrected chi connectivity index (χ2v) is 4.60. The van der Waals surface area contributed by atoms with E-state index in [9.17, 15) is 4.39 Å². The van der Waals surface area contributed by atoms with Crippen LogP contribution in [0.2, 0.25) is 0 Å². The summed E-state index contributed by atoms with van der Waals surface area (Å²) < 4.78 is 13.3. The summed E-state index contributed by atoms with van der Waals surface area (Å²) in [6.07, 6.45) is 2.92. The van der Waals surface area contributed by atoms with Crippen LogP contribution in [0.4, 0.5) is 10.1 Å². The van der Waals surface area contributed by atoms with Crippen LogP contribution in [0.3, 0.4) is 0 Å². The van der Waals surface area contributed by atoms with Crippen molar-refractivity contribution in [3.05, 3.63) is 29.6 Å². The number of aliphatic hydroxyl groups is 1. The molecule has 17 heavy (non-hydrogen) atoms. The lowest BCUT2D eigenvalue weighted by molar-refractivity contribution is 0.253. The van der Waals surface area contributed by atoms with Gasteiger partial charge in [0.1, 0.15) is 17.4 Å². The largest absolute Gasteiger partial charge is 0.396 e. The number of nitrogens with one attached hydrogen (secondary N) is 1. The summed E-state index contributed by atoms with van der Waals surface area (Å²) in [4.78, 5) is 0. The van der Waals surface area contributed by atoms with Crippen LogP contribution in [0, 0.1) is 22.6 Å². The van der Waals surface area contributed by atoms with Gasteiger partial charge in [0.05, 0.1) is 5.69 Å². The average molecular weight is 234 g/mol. The maximum atomic E-state index is 13.3. The number of hydrogen-bond acceptors (Lipinski definition) is 3. The lowest BCUT2D eigenvalue weighted by Gasteiger charge is -2.16. The fourth-order valence-corrected chi connectivity index (χ4v) is 2.00. The maximum absolute atomic E-state index is 13.3. The van der Waals surface area contributed by atoms with Gasteiger partial charge in [-0.3, -0.25) is 0 Å². The summed E-state index contributed by atoms with van der Waals surface area (Å²) in [6, 6.07) is 6.44. The minimum atomic E-state index is -0.496. The van der Waals surface area contributed by atoms with E-state index in [0.29, 0.717) is 12.2 Å². The first-order chi connectivity index (χ1) is 8.21. The van der Waals surface area contributed by atoms with Crippen molar-refractivity contribution in [1.82, 2.24) is 0 Å². The molecular formula is C13H15FN2O. The highest BCUT2D eigenvalue weighted by Crippen LogP contribution is 2.48. The van der Waals surface area contributed by atoms with Crippen LogP contribution in [0.5, 0.6) is 0 Å². The topological polar surface area (TPSA) is 56.0 Å². The number of aliphatic hydroxyl groups excluding tert-OH is 1. The Hall–Kier alpha value is -1.60. The third-order valence-electron chi connectivity index (χ3n) is 3.38. The molecule has 0 heterocycles. The molecule has 0 spiro atoms. The highest BCUT2D eigenvalue weighted by molar-refractivity contribution is 5.58. The van der Waals surface area contributed by atoms with Crippen molar-refractivity contribution in [2.45, 2.75) is 19.3 Å². The molecule has 1 aliphatic rings. The Labute approximate surface area is 99.9 Å². The third kappa shape index (κ3) is 2.56. The summed E-state index contributed by atoms with van der Waals surface area (Å²) in [5, 5.41) is 20.9. The fourth-order valence-electron chi connectivity index (χ4n) is 2.00. The first-order valence-corrected chi connectivity index (χ1v) is 5.74. The van der Waals surface area contributed by atoms with E-state index in [0.717, 1.165) is 19.3 Å². The van der Waals surface area contributed by atoms with Crippen molar-refractivity contribution in [2.24, 2.45) is 5.41 Å². The Bertz CT molecular complexity index is 449. The molecule has 1 aliphatic carbocycles. The van der Waals surface area contributed by atoms with Crippen LogP contribution in [0.15, 0.2) is 18.2 Å². The van der Waals surface area contributed by atoms with E-state index in [1.54, 1.807) is 12.1 Å². The van der Waals surface area contributed by atoms with Crippen molar-refractivity contribution >= 4 is 5.69 Å². The summed E-state index contributed by atoms with van der Waals surface area (Å²) in [5.74, 6) is -0.496. The lowest BCUT2D eigenvalue weighted by Crippen LogP contribution is -2.17. The molecule has 4 heteroatoms. The van der Waals surface area contributed by atoms with Crippen molar-refractivity contribution in [2.75, 3.05) is 18.5 Å². The predicted octanol–water partition coefficient (Wildman–Crippen LogP) is 2.27. The van der Waals surface area contributed by atoms with E-state index in [1.807, 2.05) is 6.07 Å². The minimum Gasteiger partial charge on any atom is -0.396 e. The quantitative estimate of drug-likeness (QED) is 0.821. The molecule has 1 saturated carbocycles. The van der Waals surface area contributed by atoms with Crippen molar-refractivity contribution in [3.8, 4) is 6.07 Å². The lowest BCUT2D eigenvalue weighted by atomic mass is 10.0. The molecule has 0 radical (unpaired) electrons. The van der Waals surface area contributed by atoms with E-state index in [-0.39, 0.29) is 17.6 Å². The second-order valence-electron chi connectivity index (χ2n) is 4.60. The molecule has 2 N–H and O–H groups in total. The monoisotopic (exact) mass is 234 g/mol. The standard InChI is InChI=1S/C13H15FN2O/c14-11-2-1-3-12(10(11)8-15)16-9-13(4-5-13)6-7-17/h1-3,16-17H,4-7,9H2. The maximum Gasteiger partial charge on any atom is 0.143 e. The molecule has 0 aliphatic heterocycles. The molecule has 0 saturated heterocycles. The molecule has 0 bridgehead atoms. The zero-order valence-electron chi connectivity index (χ0n) is 9.54. The first-order valence-electron chi connectivity index (χ1n) is 5.74. The van der Waals surface area contributed by atoms with Gasteiger partial charge in [-0.2, -0.15) is 5.26 Å². The first kappa shape index (κ1) is 11.9. The van der Waals surface area contributed by atoms with Crippen molar-refractivity contribution < 1.29 is 9.50 Å². The van der Waals surface area contributed by atoms with E-state index < -0.39 is 5.82 Å². The third-order valence-corrected chi connectivity index (χ3v) is 3.38. The van der Waals surface area contributed by atoms with Crippen LogP contribution >= 0.6 is 0 Å². The Morgan fingerprint density at radius 2 is 2.24 bits per heavy atom. The van der Waals surface area contributed by atoms with E-state index in [2.05, 4.69) is 5.32 Å². The van der Waals surface area contributed by atoms with E-state index in [4.69, 9.17) is 10.4 Å². The molecular weight excluding hydrogens is 219 g/mol. The molecule has 1 aromatic rings. The predicted molar refractivity (Wildman–Crippen MR) is 63.0 cm³/mol. The minimum absolute atomic E-state index is 0.0623. The Balaban J connectivity index is 2.05. The summed E-state index contributed by atoms with van der Waals surface area (Å²) in [7, 11) is 0. The van der Waals surface area contributed by atoms with Crippen LogP contribution in [-0.4, -0.2) is 18.3 Å². The smallest absolute Gasteiger partial charge is 0.143 e. The molecule has 3 nitrogen and oxygen atoms in total. The number of hydrogen-bond donors (Lipinski definition) is 2. The molecule has 0 unspecified atom stereocenters. The van der Waals surface area contributed by atoms with Gasteiger partial charge in [0, 0.05) is 13.2 Å². The van der Waals surface area contributed by atoms with Gasteiger partial charge in [-0.25, -0.2) is 4.39 Å². The zero-order chi connectivity index (χ0) is 12.3. The van der Waals surface area contributed by atoms with Crippen LogP contribution in [0.25, 0.3) is 0 Å². The van der Waals surface area contributed by atoms with E-state index >= 15 is 0 Å². The Morgan fingerprint density at radius 1 is 1.47 bits per heavy atom. The average Bonchev–Trinajstić information content (AvgIpc) is 3.07. The van der Waals surface area contributed by atoms with Crippen LogP contribution in [-0.2, 0) is 0 Å². The Kier molecular flexibility index (Phi) is 3.30. The highest BCUT2D eigenvalue weighted by Gasteiger charge is 2.41. The summed E-state index contributed by atoms with van der Waals surface area (Å²) >= 11 is 0. The molecule has 0 amide bonds. The molecule has 90 valence electrons. The van der Waals surface area contributed by atoms with Gasteiger partial charge in [-0.05, 0) is 36.8 Å². The van der Waals surface area contributed by atoms with Gasteiger partial charge in [-0.1, -0.05) is 6.07 Å². The number of anilines is 1. The molecule has 0 aromatic heterocycles. The molecule has 2 rings (SSSR count). The van der Waals surface area contributed by atoms with Crippen LogP contribution in [0.1, 0.15) is 24.8 Å². The summed E-state index contributed by atoms with van der Waals surface area (Å²) in [5.41, 5.74) is 0.748. The normalized spacial score (nSPS) is 16.3. The van der Waals surface area contributed by atoms with Crippen LogP contribution < -0.4 is 5.32 Å². The van der Waals surface area contributed by atoms with E-state index in [1.165, 1.54) is 6.07 Å². The van der Waals surface area contributed by atoms with Gasteiger partial charge in [0.25, 0.3) is 0 Å². The molecule has 0 atom stereocenters.